The van der Waals surface area contributed by atoms with Gasteiger partial charge in [-0.25, -0.2) is 13.8 Å². The predicted octanol–water partition coefficient (Wildman–Crippen LogP) is 2.98. The van der Waals surface area contributed by atoms with Gasteiger partial charge in [-0.05, 0) is 28.2 Å². The van der Waals surface area contributed by atoms with Crippen LogP contribution in [0.1, 0.15) is 17.6 Å². The lowest BCUT2D eigenvalue weighted by Crippen LogP contribution is -2.19. The van der Waals surface area contributed by atoms with Crippen molar-refractivity contribution >= 4 is 22.6 Å². The van der Waals surface area contributed by atoms with Gasteiger partial charge in [0.1, 0.15) is 0 Å². The molecule has 96 valence electrons. The fourth-order valence-electron chi connectivity index (χ4n) is 1.10. The monoisotopic (exact) mass is 368 g/mol. The molecule has 0 saturated heterocycles. The van der Waals surface area contributed by atoms with Crippen LogP contribution in [0.3, 0.4) is 0 Å². The molecule has 0 saturated carbocycles. The summed E-state index contributed by atoms with van der Waals surface area (Å²) in [7, 11) is 0. The first kappa shape index (κ1) is 14.4. The summed E-state index contributed by atoms with van der Waals surface area (Å²) in [5.41, 5.74) is 4.60. The Morgan fingerprint density at radius 1 is 1.41 bits per heavy atom. The molecule has 0 aliphatic heterocycles. The number of hydrogen-bond acceptors (Lipinski definition) is 3. The Morgan fingerprint density at radius 3 is 2.41 bits per heavy atom. The minimum Gasteiger partial charge on any atom is -0.387 e. The van der Waals surface area contributed by atoms with Gasteiger partial charge in [0.05, 0.1) is 3.57 Å². The minimum atomic E-state index is -4.98. The number of hydrogen-bond donors (Lipinski definition) is 1. The maximum absolute atomic E-state index is 12.7. The van der Waals surface area contributed by atoms with Gasteiger partial charge in [0.2, 0.25) is 5.88 Å². The third-order valence-electron chi connectivity index (χ3n) is 1.76. The Balaban J connectivity index is 3.23. The summed E-state index contributed by atoms with van der Waals surface area (Å²) in [6.07, 6.45) is -7.07. The predicted molar refractivity (Wildman–Crippen MR) is 56.5 cm³/mol. The van der Waals surface area contributed by atoms with Crippen LogP contribution in [0.25, 0.3) is 0 Å². The number of nitrogens with zero attached hydrogens (tertiary/aromatic N) is 1. The first-order chi connectivity index (χ1) is 7.76. The molecule has 0 aliphatic carbocycles. The smallest absolute Gasteiger partial charge is 0.387 e. The van der Waals surface area contributed by atoms with E-state index in [4.69, 9.17) is 5.73 Å². The van der Waals surface area contributed by atoms with Gasteiger partial charge >= 0.3 is 6.36 Å². The number of pyridine rings is 1. The van der Waals surface area contributed by atoms with E-state index in [1.807, 2.05) is 0 Å². The second kappa shape index (κ2) is 5.29. The third-order valence-corrected chi connectivity index (χ3v) is 2.80. The second-order valence-electron chi connectivity index (χ2n) is 2.87. The molecule has 0 bridgehead atoms. The van der Waals surface area contributed by atoms with Crippen molar-refractivity contribution in [1.29, 1.82) is 0 Å². The van der Waals surface area contributed by atoms with Crippen LogP contribution in [0, 0.1) is 3.57 Å². The molecule has 1 aromatic heterocycles. The van der Waals surface area contributed by atoms with Crippen molar-refractivity contribution in [2.24, 2.45) is 5.73 Å². The number of alkyl halides is 5. The van der Waals surface area contributed by atoms with E-state index >= 15 is 0 Å². The lowest BCUT2D eigenvalue weighted by atomic mass is 10.1. The van der Waals surface area contributed by atoms with Crippen molar-refractivity contribution in [2.45, 2.75) is 19.3 Å². The second-order valence-corrected chi connectivity index (χ2v) is 3.95. The topological polar surface area (TPSA) is 48.1 Å². The molecule has 0 radical (unpaired) electrons. The molecule has 1 aromatic rings. The Labute approximate surface area is 106 Å². The van der Waals surface area contributed by atoms with E-state index in [0.717, 1.165) is 6.20 Å². The Bertz CT molecular complexity index is 410. The third kappa shape index (κ3) is 3.63. The number of rotatable bonds is 3. The van der Waals surface area contributed by atoms with E-state index in [9.17, 15) is 22.0 Å². The largest absolute Gasteiger partial charge is 0.574 e. The number of ether oxygens (including phenoxy) is 1. The molecule has 1 rings (SSSR count). The molecule has 0 fully saturated rings. The number of aromatic nitrogens is 1. The van der Waals surface area contributed by atoms with E-state index in [1.165, 1.54) is 22.6 Å². The summed E-state index contributed by atoms with van der Waals surface area (Å²) in [6.45, 7) is -0.241. The van der Waals surface area contributed by atoms with E-state index in [1.54, 1.807) is 0 Å². The van der Waals surface area contributed by atoms with Crippen molar-refractivity contribution in [2.75, 3.05) is 0 Å². The molecule has 17 heavy (non-hydrogen) atoms. The maximum atomic E-state index is 12.7. The summed E-state index contributed by atoms with van der Waals surface area (Å²) < 4.78 is 64.3. The minimum absolute atomic E-state index is 0.0149. The fraction of sp³-hybridized carbons (Fsp3) is 0.375. The van der Waals surface area contributed by atoms with Gasteiger partial charge in [-0.1, -0.05) is 0 Å². The lowest BCUT2D eigenvalue weighted by Gasteiger charge is -2.14. The van der Waals surface area contributed by atoms with Gasteiger partial charge in [-0.15, -0.1) is 13.2 Å². The van der Waals surface area contributed by atoms with Gasteiger partial charge in [0, 0.05) is 18.3 Å². The SMILES string of the molecule is NCc1cnc(OC(F)(F)F)c(I)c1C(F)F. The zero-order valence-electron chi connectivity index (χ0n) is 8.06. The van der Waals surface area contributed by atoms with Crippen LogP contribution in [-0.4, -0.2) is 11.3 Å². The van der Waals surface area contributed by atoms with Crippen molar-refractivity contribution in [1.82, 2.24) is 4.98 Å². The molecule has 1 heterocycles. The highest BCUT2D eigenvalue weighted by Gasteiger charge is 2.34. The quantitative estimate of drug-likeness (QED) is 0.659. The van der Waals surface area contributed by atoms with Crippen LogP contribution in [-0.2, 0) is 6.54 Å². The molecular formula is C8H6F5IN2O. The van der Waals surface area contributed by atoms with Crippen molar-refractivity contribution in [3.63, 3.8) is 0 Å². The lowest BCUT2D eigenvalue weighted by molar-refractivity contribution is -0.276. The van der Waals surface area contributed by atoms with Crippen molar-refractivity contribution < 1.29 is 26.7 Å². The molecule has 2 N–H and O–H groups in total. The number of halogens is 6. The summed E-state index contributed by atoms with van der Waals surface area (Å²) >= 11 is 1.32. The zero-order valence-corrected chi connectivity index (χ0v) is 10.2. The Kier molecular flexibility index (Phi) is 4.47. The summed E-state index contributed by atoms with van der Waals surface area (Å²) in [5.74, 6) is -0.898. The molecule has 0 unspecified atom stereocenters. The molecule has 9 heteroatoms. The summed E-state index contributed by atoms with van der Waals surface area (Å²) in [5, 5.41) is 0. The van der Waals surface area contributed by atoms with Gasteiger partial charge in [-0.3, -0.25) is 0 Å². The molecule has 0 amide bonds. The first-order valence-electron chi connectivity index (χ1n) is 4.17. The fourth-order valence-corrected chi connectivity index (χ4v) is 1.93. The Hall–Kier alpha value is -0.710. The van der Waals surface area contributed by atoms with Crippen LogP contribution in [0.2, 0.25) is 0 Å². The number of nitrogens with two attached hydrogens (primary N) is 1. The van der Waals surface area contributed by atoms with Gasteiger partial charge in [0.25, 0.3) is 6.43 Å². The van der Waals surface area contributed by atoms with E-state index in [2.05, 4.69) is 9.72 Å². The average Bonchev–Trinajstić information content (AvgIpc) is 2.18. The molecule has 0 atom stereocenters. The van der Waals surface area contributed by atoms with E-state index in [-0.39, 0.29) is 12.1 Å². The van der Waals surface area contributed by atoms with Crippen molar-refractivity contribution in [3.8, 4) is 5.88 Å². The van der Waals surface area contributed by atoms with Gasteiger partial charge in [-0.2, -0.15) is 0 Å². The Morgan fingerprint density at radius 2 is 2.00 bits per heavy atom. The average molecular weight is 368 g/mol. The van der Waals surface area contributed by atoms with Crippen LogP contribution in [0.5, 0.6) is 5.88 Å². The molecule has 0 aromatic carbocycles. The highest BCUT2D eigenvalue weighted by atomic mass is 127. The van der Waals surface area contributed by atoms with Crippen LogP contribution < -0.4 is 10.5 Å². The van der Waals surface area contributed by atoms with Crippen LogP contribution >= 0.6 is 22.6 Å². The van der Waals surface area contributed by atoms with Crippen LogP contribution in [0.15, 0.2) is 6.20 Å². The molecular weight excluding hydrogens is 362 g/mol. The molecule has 3 nitrogen and oxygen atoms in total. The first-order valence-corrected chi connectivity index (χ1v) is 5.25. The standard InChI is InChI=1S/C8H6F5IN2O/c9-6(10)4-3(1-15)2-16-7(5(4)14)17-8(11,12)13/h2,6H,1,15H2. The van der Waals surface area contributed by atoms with Crippen LogP contribution in [0.4, 0.5) is 22.0 Å². The van der Waals surface area contributed by atoms with E-state index in [0.29, 0.717) is 0 Å². The van der Waals surface area contributed by atoms with Crippen molar-refractivity contribution in [3.05, 3.63) is 20.9 Å². The highest BCUT2D eigenvalue weighted by molar-refractivity contribution is 14.1. The van der Waals surface area contributed by atoms with E-state index < -0.39 is 27.8 Å². The van der Waals surface area contributed by atoms with Gasteiger partial charge in [0.15, 0.2) is 0 Å². The highest BCUT2D eigenvalue weighted by Crippen LogP contribution is 2.34. The normalized spacial score (nSPS) is 12.0. The van der Waals surface area contributed by atoms with Gasteiger partial charge < -0.3 is 10.5 Å². The maximum Gasteiger partial charge on any atom is 0.574 e. The summed E-state index contributed by atoms with van der Waals surface area (Å²) in [4.78, 5) is 3.31. The molecule has 0 spiro atoms. The molecule has 0 aliphatic rings. The summed E-state index contributed by atoms with van der Waals surface area (Å²) in [6, 6.07) is 0. The zero-order chi connectivity index (χ0) is 13.2.